The molecule has 2 rings (SSSR count). The summed E-state index contributed by atoms with van der Waals surface area (Å²) in [6.45, 7) is 6.72. The van der Waals surface area contributed by atoms with Gasteiger partial charge in [-0.05, 0) is 37.2 Å². The van der Waals surface area contributed by atoms with Crippen LogP contribution in [-0.4, -0.2) is 54.5 Å². The number of ether oxygens (including phenoxy) is 2. The van der Waals surface area contributed by atoms with Crippen molar-refractivity contribution in [1.29, 1.82) is 0 Å². The maximum absolute atomic E-state index is 15.2. The first kappa shape index (κ1) is 33.5. The molecule has 1 aromatic rings. The minimum Gasteiger partial charge on any atom is -0.461 e. The maximum Gasteiger partial charge on any atom is 0.335 e. The van der Waals surface area contributed by atoms with Crippen molar-refractivity contribution in [3.8, 4) is 0 Å². The number of benzene rings is 1. The molecular formula is C30H40F4O6. The highest BCUT2D eigenvalue weighted by atomic mass is 19.3. The molecular weight excluding hydrogens is 532 g/mol. The summed E-state index contributed by atoms with van der Waals surface area (Å²) in [6, 6.07) is 4.18. The van der Waals surface area contributed by atoms with Crippen LogP contribution >= 0.6 is 0 Å². The molecule has 1 aliphatic rings. The van der Waals surface area contributed by atoms with Crippen molar-refractivity contribution in [2.45, 2.75) is 76.1 Å². The van der Waals surface area contributed by atoms with Crippen LogP contribution in [0, 0.1) is 11.8 Å². The van der Waals surface area contributed by atoms with Crippen LogP contribution in [0.25, 0.3) is 0 Å². The van der Waals surface area contributed by atoms with Crippen molar-refractivity contribution in [3.05, 3.63) is 59.7 Å². The monoisotopic (exact) mass is 572 g/mol. The zero-order chi connectivity index (χ0) is 29.9. The summed E-state index contributed by atoms with van der Waals surface area (Å²) in [5.74, 6) is -12.5. The Morgan fingerprint density at radius 1 is 0.900 bits per heavy atom. The van der Waals surface area contributed by atoms with Gasteiger partial charge in [0.15, 0.2) is 0 Å². The van der Waals surface area contributed by atoms with Gasteiger partial charge in [-0.25, -0.2) is 9.59 Å². The number of hydrogen-bond donors (Lipinski definition) is 2. The number of unbranched alkanes of at least 4 members (excludes halogenated alkanes) is 2. The first-order chi connectivity index (χ1) is 18.9. The number of esters is 2. The van der Waals surface area contributed by atoms with E-state index >= 15 is 17.6 Å². The van der Waals surface area contributed by atoms with E-state index in [1.807, 2.05) is 0 Å². The molecule has 10 heteroatoms. The molecule has 0 amide bonds. The molecule has 0 bridgehead atoms. The fourth-order valence-corrected chi connectivity index (χ4v) is 4.84. The van der Waals surface area contributed by atoms with Crippen molar-refractivity contribution in [2.75, 3.05) is 26.4 Å². The van der Waals surface area contributed by atoms with E-state index in [1.165, 1.54) is 12.1 Å². The molecule has 0 radical (unpaired) electrons. The van der Waals surface area contributed by atoms with Gasteiger partial charge in [-0.1, -0.05) is 70.0 Å². The minimum absolute atomic E-state index is 0.0501. The molecule has 40 heavy (non-hydrogen) atoms. The number of aliphatic hydroxyl groups excluding tert-OH is 2. The van der Waals surface area contributed by atoms with Crippen LogP contribution in [-0.2, 0) is 25.0 Å². The van der Waals surface area contributed by atoms with Crippen LogP contribution in [0.15, 0.2) is 48.6 Å². The lowest BCUT2D eigenvalue weighted by Gasteiger charge is -2.37. The zero-order valence-electron chi connectivity index (χ0n) is 23.0. The maximum atomic E-state index is 15.2. The number of aliphatic hydroxyl groups is 2. The van der Waals surface area contributed by atoms with Gasteiger partial charge in [-0.3, -0.25) is 0 Å². The summed E-state index contributed by atoms with van der Waals surface area (Å²) in [6.07, 6.45) is 5.24. The van der Waals surface area contributed by atoms with Gasteiger partial charge < -0.3 is 19.7 Å². The lowest BCUT2D eigenvalue weighted by molar-refractivity contribution is -0.249. The molecule has 224 valence electrons. The molecule has 1 saturated carbocycles. The van der Waals surface area contributed by atoms with Crippen molar-refractivity contribution in [2.24, 2.45) is 11.8 Å². The molecule has 0 unspecified atom stereocenters. The highest BCUT2D eigenvalue weighted by molar-refractivity contribution is 5.88. The molecule has 0 aromatic heterocycles. The third-order valence-electron chi connectivity index (χ3n) is 7.53. The van der Waals surface area contributed by atoms with Gasteiger partial charge in [-0.15, -0.1) is 0 Å². The summed E-state index contributed by atoms with van der Waals surface area (Å²) in [5.41, 5.74) is -1.02. The van der Waals surface area contributed by atoms with E-state index < -0.39 is 54.4 Å². The molecule has 1 aromatic carbocycles. The Bertz CT molecular complexity index is 968. The third-order valence-corrected chi connectivity index (χ3v) is 7.53. The molecule has 0 atom stereocenters. The van der Waals surface area contributed by atoms with Gasteiger partial charge in [-0.2, -0.15) is 17.6 Å². The highest BCUT2D eigenvalue weighted by Gasteiger charge is 2.61. The summed E-state index contributed by atoms with van der Waals surface area (Å²) in [5, 5.41) is 18.1. The average Bonchev–Trinajstić information content (AvgIpc) is 2.96. The summed E-state index contributed by atoms with van der Waals surface area (Å²) >= 11 is 0. The second kappa shape index (κ2) is 15.3. The van der Waals surface area contributed by atoms with Crippen LogP contribution in [0.3, 0.4) is 0 Å². The number of hydrogen-bond acceptors (Lipinski definition) is 6. The van der Waals surface area contributed by atoms with Crippen molar-refractivity contribution in [1.82, 2.24) is 0 Å². The van der Waals surface area contributed by atoms with Crippen LogP contribution in [0.4, 0.5) is 17.6 Å². The fourth-order valence-electron chi connectivity index (χ4n) is 4.84. The molecule has 0 spiro atoms. The normalized spacial score (nSPS) is 17.9. The standard InChI is InChI=1S/C30H40F4O6/c1-4-5-6-7-22-8-12-25(13-9-22)29(31,32)30(33,34)26-14-10-23(11-15-26)24(18-39-27(37)20(2)16-35)19-40-28(38)21(3)17-36/h10-11,14-15,22,24-25,35-36H,2-9,12-13,16-19H2,1H3. The molecule has 6 nitrogen and oxygen atoms in total. The summed E-state index contributed by atoms with van der Waals surface area (Å²) in [7, 11) is 0. The van der Waals surface area contributed by atoms with Crippen molar-refractivity contribution >= 4 is 11.9 Å². The van der Waals surface area contributed by atoms with E-state index in [9.17, 15) is 9.59 Å². The van der Waals surface area contributed by atoms with Gasteiger partial charge in [0.2, 0.25) is 0 Å². The van der Waals surface area contributed by atoms with Crippen LogP contribution in [0.1, 0.15) is 75.3 Å². The molecule has 2 N–H and O–H groups in total. The molecule has 1 fully saturated rings. The van der Waals surface area contributed by atoms with Crippen LogP contribution in [0.5, 0.6) is 0 Å². The smallest absolute Gasteiger partial charge is 0.335 e. The number of rotatable bonds is 16. The first-order valence-corrected chi connectivity index (χ1v) is 13.7. The van der Waals surface area contributed by atoms with Gasteiger partial charge in [0, 0.05) is 11.5 Å². The van der Waals surface area contributed by atoms with E-state index in [1.54, 1.807) is 0 Å². The third kappa shape index (κ3) is 8.64. The molecule has 0 heterocycles. The Balaban J connectivity index is 2.15. The largest absolute Gasteiger partial charge is 0.461 e. The van der Waals surface area contributed by atoms with Gasteiger partial charge in [0.05, 0.1) is 30.3 Å². The molecule has 0 aliphatic heterocycles. The second-order valence-electron chi connectivity index (χ2n) is 10.4. The molecule has 0 saturated heterocycles. The fraction of sp³-hybridized carbons (Fsp3) is 0.600. The molecule has 1 aliphatic carbocycles. The van der Waals surface area contributed by atoms with E-state index in [0.29, 0.717) is 18.8 Å². The number of alkyl halides is 4. The summed E-state index contributed by atoms with van der Waals surface area (Å²) in [4.78, 5) is 23.8. The van der Waals surface area contributed by atoms with E-state index in [0.717, 1.165) is 37.8 Å². The lowest BCUT2D eigenvalue weighted by Crippen LogP contribution is -2.45. The van der Waals surface area contributed by atoms with E-state index in [4.69, 9.17) is 19.7 Å². The van der Waals surface area contributed by atoms with E-state index in [-0.39, 0.29) is 42.8 Å². The van der Waals surface area contributed by atoms with Crippen molar-refractivity contribution in [3.63, 3.8) is 0 Å². The minimum atomic E-state index is -4.41. The zero-order valence-corrected chi connectivity index (χ0v) is 23.0. The lowest BCUT2D eigenvalue weighted by atomic mass is 9.75. The average molecular weight is 573 g/mol. The Hall–Kier alpha value is -2.72. The predicted octanol–water partition coefficient (Wildman–Crippen LogP) is 6.07. The SMILES string of the molecule is C=C(CO)C(=O)OCC(COC(=O)C(=C)CO)c1ccc(C(F)(F)C(F)(F)C2CCC(CCCCC)CC2)cc1. The van der Waals surface area contributed by atoms with Crippen molar-refractivity contribution < 1.29 is 46.8 Å². The Labute approximate surface area is 233 Å². The van der Waals surface area contributed by atoms with Gasteiger partial charge >= 0.3 is 23.8 Å². The Kier molecular flexibility index (Phi) is 12.8. The van der Waals surface area contributed by atoms with Crippen LogP contribution < -0.4 is 0 Å². The van der Waals surface area contributed by atoms with Crippen LogP contribution in [0.2, 0.25) is 0 Å². The number of halogens is 4. The van der Waals surface area contributed by atoms with E-state index in [2.05, 4.69) is 20.1 Å². The quantitative estimate of drug-likeness (QED) is 0.108. The Morgan fingerprint density at radius 2 is 1.40 bits per heavy atom. The summed E-state index contributed by atoms with van der Waals surface area (Å²) < 4.78 is 70.9. The Morgan fingerprint density at radius 3 is 1.85 bits per heavy atom. The first-order valence-electron chi connectivity index (χ1n) is 13.7. The highest BCUT2D eigenvalue weighted by Crippen LogP contribution is 2.52. The number of carbonyl (C=O) groups excluding carboxylic acids is 2. The second-order valence-corrected chi connectivity index (χ2v) is 10.4. The van der Waals surface area contributed by atoms with Gasteiger partial charge in [0.25, 0.3) is 0 Å². The number of carbonyl (C=O) groups is 2. The topological polar surface area (TPSA) is 93.1 Å². The predicted molar refractivity (Wildman–Crippen MR) is 142 cm³/mol. The van der Waals surface area contributed by atoms with Gasteiger partial charge in [0.1, 0.15) is 13.2 Å².